The number of allylic oxidation sites excluding steroid dienone is 20. The number of likely N-dealkylation sites (N-methyl/N-ethyl adjacent to an activating group) is 1. The summed E-state index contributed by atoms with van der Waals surface area (Å²) < 4.78 is 34.2. The average molecular weight is 1150 g/mol. The molecule has 0 N–H and O–H groups in total. The number of phosphoric acid groups is 1. The zero-order chi connectivity index (χ0) is 59.1. The number of hydrogen-bond acceptors (Lipinski definition) is 8. The first-order chi connectivity index (χ1) is 39.5. The SMILES string of the molecule is CC/C=C\C/C=C\C/C=C\C/C=C\C/C=C\C/C=C\C/C=C\C/C=C\C/C=C\C/C=C\CCCCCCCCCCCCC(=O)OC(COC(=O)CCCCCCCCCCCCCCCCCC)COP(=O)([O-])OCC[N+](C)(C)C. The molecule has 2 unspecified atom stereocenters. The van der Waals surface area contributed by atoms with E-state index < -0.39 is 26.5 Å². The first-order valence-corrected chi connectivity index (χ1v) is 34.2. The van der Waals surface area contributed by atoms with Crippen LogP contribution in [0.15, 0.2) is 122 Å². The van der Waals surface area contributed by atoms with E-state index in [0.717, 1.165) is 109 Å². The van der Waals surface area contributed by atoms with Crippen LogP contribution in [0.3, 0.4) is 0 Å². The third kappa shape index (κ3) is 65.4. The Morgan fingerprint density at radius 2 is 0.704 bits per heavy atom. The van der Waals surface area contributed by atoms with E-state index in [4.69, 9.17) is 18.5 Å². The normalized spacial score (nSPS) is 14.0. The summed E-state index contributed by atoms with van der Waals surface area (Å²) in [5.74, 6) is -0.836. The van der Waals surface area contributed by atoms with Crippen molar-refractivity contribution < 1.29 is 42.1 Å². The maximum atomic E-state index is 12.8. The lowest BCUT2D eigenvalue weighted by atomic mass is 10.0. The van der Waals surface area contributed by atoms with Gasteiger partial charge in [0.1, 0.15) is 19.8 Å². The summed E-state index contributed by atoms with van der Waals surface area (Å²) in [6.45, 7) is 4.13. The van der Waals surface area contributed by atoms with Gasteiger partial charge in [-0.25, -0.2) is 0 Å². The molecule has 81 heavy (non-hydrogen) atoms. The van der Waals surface area contributed by atoms with Gasteiger partial charge >= 0.3 is 11.9 Å². The van der Waals surface area contributed by atoms with Crippen LogP contribution < -0.4 is 4.89 Å². The summed E-state index contributed by atoms with van der Waals surface area (Å²) in [6.07, 6.45) is 86.9. The van der Waals surface area contributed by atoms with Crippen LogP contribution >= 0.6 is 7.82 Å². The minimum atomic E-state index is -4.64. The summed E-state index contributed by atoms with van der Waals surface area (Å²) in [5.41, 5.74) is 0. The number of esters is 2. The van der Waals surface area contributed by atoms with Gasteiger partial charge in [0.15, 0.2) is 6.10 Å². The molecule has 0 saturated heterocycles. The Morgan fingerprint density at radius 1 is 0.395 bits per heavy atom. The van der Waals surface area contributed by atoms with Crippen molar-refractivity contribution in [1.29, 1.82) is 0 Å². The largest absolute Gasteiger partial charge is 0.756 e. The van der Waals surface area contributed by atoms with Gasteiger partial charge < -0.3 is 27.9 Å². The summed E-state index contributed by atoms with van der Waals surface area (Å²) in [4.78, 5) is 37.9. The minimum absolute atomic E-state index is 0.0349. The third-order valence-electron chi connectivity index (χ3n) is 13.7. The van der Waals surface area contributed by atoms with E-state index in [1.54, 1.807) is 0 Å². The fourth-order valence-corrected chi connectivity index (χ4v) is 9.47. The Bertz CT molecular complexity index is 1780. The van der Waals surface area contributed by atoms with Crippen molar-refractivity contribution in [2.45, 2.75) is 270 Å². The summed E-state index contributed by atoms with van der Waals surface area (Å²) in [6, 6.07) is 0. The molecule has 10 heteroatoms. The highest BCUT2D eigenvalue weighted by Gasteiger charge is 2.22. The van der Waals surface area contributed by atoms with Gasteiger partial charge in [-0.2, -0.15) is 0 Å². The van der Waals surface area contributed by atoms with E-state index in [9.17, 15) is 19.0 Å². The number of carbonyl (C=O) groups excluding carboxylic acids is 2. The van der Waals surface area contributed by atoms with Crippen molar-refractivity contribution in [1.82, 2.24) is 0 Å². The fraction of sp³-hybridized carbons (Fsp3) is 0.690. The van der Waals surface area contributed by atoms with Crippen molar-refractivity contribution in [2.75, 3.05) is 47.5 Å². The van der Waals surface area contributed by atoms with Crippen LogP contribution in [0.2, 0.25) is 0 Å². The number of ether oxygens (including phenoxy) is 2. The number of rotatable bonds is 59. The predicted molar refractivity (Wildman–Crippen MR) is 346 cm³/mol. The second-order valence-electron chi connectivity index (χ2n) is 22.8. The standard InChI is InChI=1S/C71H122NO8P/c1-6-8-10-12-14-16-18-20-22-24-25-26-27-28-29-30-31-32-33-34-35-36-37-38-39-40-41-42-43-44-45-46-47-48-50-52-54-56-58-60-62-64-71(74)80-69(68-79-81(75,76)78-66-65-72(3,4)5)67-77-70(73)63-61-59-57-55-53-51-49-23-21-19-17-15-13-11-9-7-2/h8,10,14,16,20,22,25-26,28-29,31-32,34-35,37-38,40-41,43-44,69H,6-7,9,11-13,15,17-19,21,23-24,27,30,33,36,39,42,45-68H2,1-5H3/b10-8-,16-14-,22-20-,26-25-,29-28-,32-31-,35-34-,38-37-,41-40-,44-43-. The number of nitrogens with zero attached hydrogens (tertiary/aromatic N) is 1. The number of phosphoric ester groups is 1. The molecule has 0 heterocycles. The van der Waals surface area contributed by atoms with E-state index in [2.05, 4.69) is 135 Å². The quantitative estimate of drug-likeness (QED) is 0.0195. The molecule has 0 radical (unpaired) electrons. The van der Waals surface area contributed by atoms with Gasteiger partial charge in [-0.15, -0.1) is 0 Å². The molecule has 0 aromatic heterocycles. The Kier molecular flexibility index (Phi) is 58.3. The van der Waals surface area contributed by atoms with Crippen molar-refractivity contribution in [3.05, 3.63) is 122 Å². The van der Waals surface area contributed by atoms with Gasteiger partial charge in [0.05, 0.1) is 27.7 Å². The van der Waals surface area contributed by atoms with Crippen LogP contribution in [0.4, 0.5) is 0 Å². The molecule has 9 nitrogen and oxygen atoms in total. The van der Waals surface area contributed by atoms with E-state index in [1.807, 2.05) is 21.1 Å². The molecular weight excluding hydrogens is 1030 g/mol. The van der Waals surface area contributed by atoms with Crippen molar-refractivity contribution in [3.8, 4) is 0 Å². The Labute approximate surface area is 498 Å². The summed E-state index contributed by atoms with van der Waals surface area (Å²) in [7, 11) is 1.16. The van der Waals surface area contributed by atoms with Crippen LogP contribution in [0.5, 0.6) is 0 Å². The first-order valence-electron chi connectivity index (χ1n) is 32.7. The predicted octanol–water partition coefficient (Wildman–Crippen LogP) is 20.5. The molecule has 0 aliphatic rings. The van der Waals surface area contributed by atoms with Gasteiger partial charge in [0.25, 0.3) is 7.82 Å². The maximum Gasteiger partial charge on any atom is 0.306 e. The van der Waals surface area contributed by atoms with Gasteiger partial charge in [0.2, 0.25) is 0 Å². The first kappa shape index (κ1) is 77.4. The molecular formula is C71H122NO8P. The lowest BCUT2D eigenvalue weighted by Crippen LogP contribution is -2.37. The van der Waals surface area contributed by atoms with Crippen molar-refractivity contribution in [3.63, 3.8) is 0 Å². The monoisotopic (exact) mass is 1150 g/mol. The zero-order valence-corrected chi connectivity index (χ0v) is 53.6. The topological polar surface area (TPSA) is 111 Å². The van der Waals surface area contributed by atoms with Gasteiger partial charge in [0, 0.05) is 12.8 Å². The molecule has 2 atom stereocenters. The highest BCUT2D eigenvalue weighted by atomic mass is 31.2. The van der Waals surface area contributed by atoms with E-state index in [-0.39, 0.29) is 32.0 Å². The molecule has 0 spiro atoms. The third-order valence-corrected chi connectivity index (χ3v) is 14.7. The average Bonchev–Trinajstić information content (AvgIpc) is 3.43. The van der Waals surface area contributed by atoms with Gasteiger partial charge in [-0.3, -0.25) is 14.2 Å². The molecule has 0 aromatic rings. The highest BCUT2D eigenvalue weighted by molar-refractivity contribution is 7.45. The van der Waals surface area contributed by atoms with Crippen LogP contribution in [0.25, 0.3) is 0 Å². The molecule has 0 aliphatic heterocycles. The van der Waals surface area contributed by atoms with E-state index in [0.29, 0.717) is 17.4 Å². The summed E-state index contributed by atoms with van der Waals surface area (Å²) in [5, 5.41) is 0. The fourth-order valence-electron chi connectivity index (χ4n) is 8.74. The number of carbonyl (C=O) groups is 2. The smallest absolute Gasteiger partial charge is 0.306 e. The minimum Gasteiger partial charge on any atom is -0.756 e. The second-order valence-corrected chi connectivity index (χ2v) is 24.2. The van der Waals surface area contributed by atoms with Gasteiger partial charge in [-0.05, 0) is 89.9 Å². The Balaban J connectivity index is 4.07. The van der Waals surface area contributed by atoms with Crippen LogP contribution in [-0.4, -0.2) is 70.0 Å². The van der Waals surface area contributed by atoms with Crippen molar-refractivity contribution >= 4 is 19.8 Å². The molecule has 0 fully saturated rings. The molecule has 0 aliphatic carbocycles. The maximum absolute atomic E-state index is 12.8. The molecule has 0 bridgehead atoms. The Morgan fingerprint density at radius 3 is 1.05 bits per heavy atom. The lowest BCUT2D eigenvalue weighted by Gasteiger charge is -2.28. The number of hydrogen-bond donors (Lipinski definition) is 0. The molecule has 464 valence electrons. The van der Waals surface area contributed by atoms with E-state index >= 15 is 0 Å². The van der Waals surface area contributed by atoms with Crippen LogP contribution in [0, 0.1) is 0 Å². The zero-order valence-electron chi connectivity index (χ0n) is 52.7. The highest BCUT2D eigenvalue weighted by Crippen LogP contribution is 2.38. The molecule has 0 aromatic carbocycles. The van der Waals surface area contributed by atoms with Crippen LogP contribution in [0.1, 0.15) is 264 Å². The second kappa shape index (κ2) is 61.0. The Hall–Kier alpha value is -3.59. The lowest BCUT2D eigenvalue weighted by molar-refractivity contribution is -0.870. The molecule has 0 saturated carbocycles. The number of quaternary nitrogens is 1. The van der Waals surface area contributed by atoms with Crippen LogP contribution in [-0.2, 0) is 32.7 Å². The van der Waals surface area contributed by atoms with Crippen molar-refractivity contribution in [2.24, 2.45) is 0 Å². The van der Waals surface area contributed by atoms with Gasteiger partial charge in [-0.1, -0.05) is 283 Å². The molecule has 0 rings (SSSR count). The summed E-state index contributed by atoms with van der Waals surface area (Å²) >= 11 is 0. The number of unbranched alkanes of at least 4 members (excludes halogenated alkanes) is 25. The van der Waals surface area contributed by atoms with E-state index in [1.165, 1.54) is 122 Å². The molecule has 0 amide bonds.